The van der Waals surface area contributed by atoms with Crippen LogP contribution >= 0.6 is 27.7 Å². The number of alkyl halides is 3. The maximum atomic E-state index is 13.2. The Morgan fingerprint density at radius 3 is 2.35 bits per heavy atom. The highest BCUT2D eigenvalue weighted by atomic mass is 79.9. The van der Waals surface area contributed by atoms with E-state index in [1.807, 2.05) is 0 Å². The van der Waals surface area contributed by atoms with Crippen molar-refractivity contribution in [2.45, 2.75) is 12.7 Å². The van der Waals surface area contributed by atoms with Crippen molar-refractivity contribution in [3.63, 3.8) is 0 Å². The van der Waals surface area contributed by atoms with Crippen molar-refractivity contribution in [3.8, 4) is 11.5 Å². The smallest absolute Gasteiger partial charge is 0.416 e. The van der Waals surface area contributed by atoms with Crippen LogP contribution in [0.5, 0.6) is 11.5 Å². The lowest BCUT2D eigenvalue weighted by atomic mass is 10.1. The molecule has 37 heavy (non-hydrogen) atoms. The third kappa shape index (κ3) is 6.00. The number of benzene rings is 3. The molecule has 0 bridgehead atoms. The fourth-order valence-corrected chi connectivity index (χ4v) is 4.52. The van der Waals surface area contributed by atoms with Crippen LogP contribution in [0.2, 0.25) is 0 Å². The van der Waals surface area contributed by atoms with Crippen molar-refractivity contribution < 1.29 is 36.8 Å². The molecular formula is C24H13BrF4N2O5S. The SMILES string of the molecule is O=C1S/C(=C\c2cc(Br)ccc2Oc2ccc(C(F)(F)F)cc2[N+](=O)[O-])C(=O)N1Cc1ccc(F)cc1. The van der Waals surface area contributed by atoms with Gasteiger partial charge in [0.05, 0.1) is 21.9 Å². The molecule has 190 valence electrons. The van der Waals surface area contributed by atoms with E-state index in [2.05, 4.69) is 15.9 Å². The summed E-state index contributed by atoms with van der Waals surface area (Å²) in [5.74, 6) is -1.53. The largest absolute Gasteiger partial charge is 0.449 e. The number of rotatable bonds is 6. The van der Waals surface area contributed by atoms with Crippen LogP contribution in [0.3, 0.4) is 0 Å². The number of hydrogen-bond acceptors (Lipinski definition) is 6. The lowest BCUT2D eigenvalue weighted by Crippen LogP contribution is -2.27. The van der Waals surface area contributed by atoms with Gasteiger partial charge >= 0.3 is 11.9 Å². The van der Waals surface area contributed by atoms with Gasteiger partial charge in [-0.2, -0.15) is 13.2 Å². The van der Waals surface area contributed by atoms with Gasteiger partial charge in [0.2, 0.25) is 5.75 Å². The van der Waals surface area contributed by atoms with Gasteiger partial charge in [-0.25, -0.2) is 4.39 Å². The molecule has 1 saturated heterocycles. The van der Waals surface area contributed by atoms with Gasteiger partial charge in [-0.05, 0) is 65.9 Å². The zero-order valence-electron chi connectivity index (χ0n) is 18.3. The van der Waals surface area contributed by atoms with Crippen molar-refractivity contribution in [2.24, 2.45) is 0 Å². The van der Waals surface area contributed by atoms with Crippen LogP contribution in [0.15, 0.2) is 70.0 Å². The minimum atomic E-state index is -4.79. The van der Waals surface area contributed by atoms with Crippen molar-refractivity contribution in [1.29, 1.82) is 0 Å². The third-order valence-corrected chi connectivity index (χ3v) is 6.49. The zero-order chi connectivity index (χ0) is 26.9. The third-order valence-electron chi connectivity index (χ3n) is 5.09. The molecule has 0 radical (unpaired) electrons. The van der Waals surface area contributed by atoms with Gasteiger partial charge in [-0.15, -0.1) is 0 Å². The molecule has 0 aromatic heterocycles. The maximum absolute atomic E-state index is 13.2. The second-order valence-electron chi connectivity index (χ2n) is 7.62. The highest BCUT2D eigenvalue weighted by Gasteiger charge is 2.36. The van der Waals surface area contributed by atoms with Crippen LogP contribution in [0.4, 0.5) is 28.0 Å². The van der Waals surface area contributed by atoms with Crippen molar-refractivity contribution >= 4 is 50.6 Å². The van der Waals surface area contributed by atoms with Gasteiger partial charge in [0, 0.05) is 16.1 Å². The molecule has 0 unspecified atom stereocenters. The summed E-state index contributed by atoms with van der Waals surface area (Å²) in [6, 6.07) is 11.6. The Labute approximate surface area is 219 Å². The number of nitro groups is 1. The van der Waals surface area contributed by atoms with Crippen LogP contribution in [-0.4, -0.2) is 21.0 Å². The van der Waals surface area contributed by atoms with Gasteiger partial charge in [-0.3, -0.25) is 24.6 Å². The second kappa shape index (κ2) is 10.3. The molecule has 2 amide bonds. The van der Waals surface area contributed by atoms with E-state index in [0.717, 1.165) is 11.0 Å². The van der Waals surface area contributed by atoms with Crippen molar-refractivity contribution in [1.82, 2.24) is 4.90 Å². The summed E-state index contributed by atoms with van der Waals surface area (Å²) in [5, 5.41) is 10.9. The van der Waals surface area contributed by atoms with E-state index in [-0.39, 0.29) is 22.8 Å². The number of imide groups is 1. The normalized spacial score (nSPS) is 14.9. The van der Waals surface area contributed by atoms with E-state index in [1.54, 1.807) is 0 Å². The predicted molar refractivity (Wildman–Crippen MR) is 130 cm³/mol. The lowest BCUT2D eigenvalue weighted by Gasteiger charge is -2.13. The quantitative estimate of drug-likeness (QED) is 0.126. The molecule has 0 N–H and O–H groups in total. The molecule has 1 heterocycles. The van der Waals surface area contributed by atoms with E-state index in [4.69, 9.17) is 4.74 Å². The Hall–Kier alpha value is -3.71. The molecule has 0 spiro atoms. The van der Waals surface area contributed by atoms with Crippen LogP contribution in [-0.2, 0) is 17.5 Å². The van der Waals surface area contributed by atoms with E-state index >= 15 is 0 Å². The van der Waals surface area contributed by atoms with Gasteiger partial charge < -0.3 is 4.74 Å². The van der Waals surface area contributed by atoms with E-state index in [0.29, 0.717) is 33.9 Å². The molecular weight excluding hydrogens is 584 g/mol. The average molecular weight is 597 g/mol. The Bertz CT molecular complexity index is 1440. The van der Waals surface area contributed by atoms with Crippen LogP contribution < -0.4 is 4.74 Å². The Morgan fingerprint density at radius 1 is 1.03 bits per heavy atom. The summed E-state index contributed by atoms with van der Waals surface area (Å²) in [6.07, 6.45) is -3.45. The van der Waals surface area contributed by atoms with Gasteiger partial charge in [0.25, 0.3) is 11.1 Å². The van der Waals surface area contributed by atoms with Crippen molar-refractivity contribution in [3.05, 3.63) is 103 Å². The first-order valence-electron chi connectivity index (χ1n) is 10.3. The summed E-state index contributed by atoms with van der Waals surface area (Å²) in [4.78, 5) is 36.8. The molecule has 1 aliphatic rings. The van der Waals surface area contributed by atoms with Crippen molar-refractivity contribution in [2.75, 3.05) is 0 Å². The average Bonchev–Trinajstić information content (AvgIpc) is 3.08. The summed E-state index contributed by atoms with van der Waals surface area (Å²) >= 11 is 3.92. The van der Waals surface area contributed by atoms with Gasteiger partial charge in [-0.1, -0.05) is 28.1 Å². The number of ether oxygens (including phenoxy) is 1. The Morgan fingerprint density at radius 2 is 1.70 bits per heavy atom. The lowest BCUT2D eigenvalue weighted by molar-refractivity contribution is -0.385. The second-order valence-corrected chi connectivity index (χ2v) is 9.52. The monoisotopic (exact) mass is 596 g/mol. The fourth-order valence-electron chi connectivity index (χ4n) is 3.32. The number of carbonyl (C=O) groups excluding carboxylic acids is 2. The highest BCUT2D eigenvalue weighted by Crippen LogP contribution is 2.40. The summed E-state index contributed by atoms with van der Waals surface area (Å²) in [5.41, 5.74) is -1.34. The standard InChI is InChI=1S/C24H13BrF4N2O5S/c25-16-4-8-19(36-20-7-3-15(24(27,28)29)11-18(20)31(34)35)14(9-16)10-21-22(32)30(23(33)37-21)12-13-1-5-17(26)6-2-13/h1-11H,12H2/b21-10-. The Kier molecular flexibility index (Phi) is 7.37. The van der Waals surface area contributed by atoms with E-state index < -0.39 is 45.1 Å². The number of nitro benzene ring substituents is 1. The number of nitrogens with zero attached hydrogens (tertiary/aromatic N) is 2. The summed E-state index contributed by atoms with van der Waals surface area (Å²) < 4.78 is 58.4. The molecule has 0 atom stereocenters. The zero-order valence-corrected chi connectivity index (χ0v) is 20.7. The fraction of sp³-hybridized carbons (Fsp3) is 0.0833. The minimum absolute atomic E-state index is 0.00334. The molecule has 0 saturated carbocycles. The van der Waals surface area contributed by atoms with Crippen LogP contribution in [0.1, 0.15) is 16.7 Å². The molecule has 1 aliphatic heterocycles. The Balaban J connectivity index is 1.65. The van der Waals surface area contributed by atoms with E-state index in [1.165, 1.54) is 48.5 Å². The minimum Gasteiger partial charge on any atom is -0.449 e. The number of carbonyl (C=O) groups is 2. The molecule has 3 aromatic rings. The molecule has 1 fully saturated rings. The molecule has 7 nitrogen and oxygen atoms in total. The van der Waals surface area contributed by atoms with Crippen LogP contribution in [0.25, 0.3) is 6.08 Å². The molecule has 4 rings (SSSR count). The first-order chi connectivity index (χ1) is 17.4. The predicted octanol–water partition coefficient (Wildman–Crippen LogP) is 7.54. The molecule has 0 aliphatic carbocycles. The molecule has 13 heteroatoms. The highest BCUT2D eigenvalue weighted by molar-refractivity contribution is 9.10. The first-order valence-corrected chi connectivity index (χ1v) is 11.9. The number of halogens is 5. The first kappa shape index (κ1) is 26.4. The van der Waals surface area contributed by atoms with Gasteiger partial charge in [0.15, 0.2) is 0 Å². The number of thioether (sulfide) groups is 1. The number of amides is 2. The number of hydrogen-bond donors (Lipinski definition) is 0. The summed E-state index contributed by atoms with van der Waals surface area (Å²) in [6.45, 7) is -0.0815. The maximum Gasteiger partial charge on any atom is 0.416 e. The molecule has 3 aromatic carbocycles. The topological polar surface area (TPSA) is 89.7 Å². The van der Waals surface area contributed by atoms with Crippen LogP contribution in [0, 0.1) is 15.9 Å². The van der Waals surface area contributed by atoms with Gasteiger partial charge in [0.1, 0.15) is 11.6 Å². The van der Waals surface area contributed by atoms with E-state index in [9.17, 15) is 37.3 Å². The summed E-state index contributed by atoms with van der Waals surface area (Å²) in [7, 11) is 0.